The van der Waals surface area contributed by atoms with E-state index < -0.39 is 0 Å². The maximum atomic E-state index is 13.3. The molecule has 0 N–H and O–H groups in total. The molecule has 0 saturated carbocycles. The molecule has 1 saturated heterocycles. The van der Waals surface area contributed by atoms with E-state index in [2.05, 4.69) is 31.2 Å². The minimum atomic E-state index is -0.119. The first kappa shape index (κ1) is 20.3. The fourth-order valence-corrected chi connectivity index (χ4v) is 4.54. The number of hydrogen-bond donors (Lipinski definition) is 0. The zero-order chi connectivity index (χ0) is 21.1. The van der Waals surface area contributed by atoms with Gasteiger partial charge in [0.1, 0.15) is 0 Å². The van der Waals surface area contributed by atoms with Crippen LogP contribution in [-0.4, -0.2) is 40.1 Å². The molecule has 2 aromatic rings. The van der Waals surface area contributed by atoms with Crippen LogP contribution in [0.25, 0.3) is 0 Å². The molecule has 0 spiro atoms. The second-order valence-corrected chi connectivity index (χ2v) is 8.23. The standard InChI is InChI=1S/C25H28N2O3/c1-2-15-26(22-12-11-19-5-3-4-6-21(19)16-22)25(30)20-9-7-18(8-10-20)17-27-23(28)13-14-24(27)29/h3-10,22H,2,11-17H2,1H3. The second-order valence-electron chi connectivity index (χ2n) is 8.23. The lowest BCUT2D eigenvalue weighted by Gasteiger charge is -2.35. The van der Waals surface area contributed by atoms with Crippen molar-refractivity contribution in [3.05, 3.63) is 70.8 Å². The lowest BCUT2D eigenvalue weighted by molar-refractivity contribution is -0.139. The Kier molecular flexibility index (Phi) is 5.98. The normalized spacial score (nSPS) is 18.4. The Morgan fingerprint density at radius 3 is 2.30 bits per heavy atom. The second kappa shape index (κ2) is 8.82. The van der Waals surface area contributed by atoms with Crippen molar-refractivity contribution in [2.24, 2.45) is 0 Å². The van der Waals surface area contributed by atoms with Gasteiger partial charge >= 0.3 is 0 Å². The van der Waals surface area contributed by atoms with Gasteiger partial charge in [-0.2, -0.15) is 0 Å². The number of nitrogens with zero attached hydrogens (tertiary/aromatic N) is 2. The van der Waals surface area contributed by atoms with Crippen LogP contribution in [-0.2, 0) is 29.0 Å². The number of imide groups is 1. The van der Waals surface area contributed by atoms with E-state index in [4.69, 9.17) is 0 Å². The molecular formula is C25H28N2O3. The third-order valence-electron chi connectivity index (χ3n) is 6.18. The maximum Gasteiger partial charge on any atom is 0.254 e. The third kappa shape index (κ3) is 4.16. The Labute approximate surface area is 177 Å². The predicted molar refractivity (Wildman–Crippen MR) is 115 cm³/mol. The van der Waals surface area contributed by atoms with E-state index in [1.807, 2.05) is 29.2 Å². The van der Waals surface area contributed by atoms with Gasteiger partial charge in [-0.25, -0.2) is 0 Å². The van der Waals surface area contributed by atoms with Gasteiger partial charge in [0.25, 0.3) is 5.91 Å². The lowest BCUT2D eigenvalue weighted by atomic mass is 9.87. The molecule has 1 fully saturated rings. The van der Waals surface area contributed by atoms with Crippen molar-refractivity contribution >= 4 is 17.7 Å². The highest BCUT2D eigenvalue weighted by Gasteiger charge is 2.30. The number of hydrogen-bond acceptors (Lipinski definition) is 3. The Morgan fingerprint density at radius 2 is 1.63 bits per heavy atom. The number of fused-ring (bicyclic) bond motifs is 1. The lowest BCUT2D eigenvalue weighted by Crippen LogP contribution is -2.43. The van der Waals surface area contributed by atoms with Crippen molar-refractivity contribution in [3.63, 3.8) is 0 Å². The van der Waals surface area contributed by atoms with Crippen molar-refractivity contribution in [2.75, 3.05) is 6.54 Å². The summed E-state index contributed by atoms with van der Waals surface area (Å²) in [6, 6.07) is 16.1. The number of amides is 3. The first-order valence-corrected chi connectivity index (χ1v) is 10.9. The summed E-state index contributed by atoms with van der Waals surface area (Å²) in [5.74, 6) is -0.181. The van der Waals surface area contributed by atoms with Gasteiger partial charge in [0.15, 0.2) is 0 Å². The summed E-state index contributed by atoms with van der Waals surface area (Å²) in [5, 5.41) is 0. The van der Waals surface area contributed by atoms with Gasteiger partial charge < -0.3 is 4.90 Å². The Hall–Kier alpha value is -2.95. The number of carbonyl (C=O) groups is 3. The molecule has 156 valence electrons. The van der Waals surface area contributed by atoms with Gasteiger partial charge in [-0.15, -0.1) is 0 Å². The highest BCUT2D eigenvalue weighted by molar-refractivity contribution is 6.01. The number of likely N-dealkylation sites (tertiary alicyclic amines) is 1. The number of rotatable bonds is 6. The minimum absolute atomic E-state index is 0.0566. The van der Waals surface area contributed by atoms with Crippen molar-refractivity contribution in [1.82, 2.24) is 9.80 Å². The Balaban J connectivity index is 1.47. The van der Waals surface area contributed by atoms with Crippen molar-refractivity contribution in [2.45, 2.75) is 58.0 Å². The van der Waals surface area contributed by atoms with Crippen LogP contribution in [0.2, 0.25) is 0 Å². The summed E-state index contributed by atoms with van der Waals surface area (Å²) in [4.78, 5) is 40.3. The van der Waals surface area contributed by atoms with Gasteiger partial charge in [-0.3, -0.25) is 19.3 Å². The first-order valence-electron chi connectivity index (χ1n) is 10.9. The summed E-state index contributed by atoms with van der Waals surface area (Å²) in [6.45, 7) is 3.12. The Morgan fingerprint density at radius 1 is 0.967 bits per heavy atom. The zero-order valence-corrected chi connectivity index (χ0v) is 17.5. The SMILES string of the molecule is CCCN(C(=O)c1ccc(CN2C(=O)CCC2=O)cc1)C1CCc2ccccc2C1. The highest BCUT2D eigenvalue weighted by atomic mass is 16.2. The van der Waals surface area contributed by atoms with Crippen LogP contribution in [0.1, 0.15) is 59.7 Å². The quantitative estimate of drug-likeness (QED) is 0.689. The molecule has 1 atom stereocenters. The van der Waals surface area contributed by atoms with Crippen LogP contribution in [0.3, 0.4) is 0 Å². The summed E-state index contributed by atoms with van der Waals surface area (Å²) >= 11 is 0. The van der Waals surface area contributed by atoms with Gasteiger partial charge in [0, 0.05) is 31.0 Å². The van der Waals surface area contributed by atoms with Crippen LogP contribution in [0.5, 0.6) is 0 Å². The van der Waals surface area contributed by atoms with Gasteiger partial charge in [-0.1, -0.05) is 43.3 Å². The molecule has 0 bridgehead atoms. The molecule has 5 heteroatoms. The van der Waals surface area contributed by atoms with Gasteiger partial charge in [0.05, 0.1) is 6.54 Å². The molecule has 5 nitrogen and oxygen atoms in total. The van der Waals surface area contributed by atoms with Gasteiger partial charge in [0.2, 0.25) is 11.8 Å². The van der Waals surface area contributed by atoms with E-state index in [0.29, 0.717) is 18.4 Å². The zero-order valence-electron chi connectivity index (χ0n) is 17.5. The Bertz CT molecular complexity index is 935. The molecule has 3 amide bonds. The van der Waals surface area contributed by atoms with Crippen molar-refractivity contribution in [1.29, 1.82) is 0 Å². The molecule has 1 aliphatic heterocycles. The summed E-state index contributed by atoms with van der Waals surface area (Å²) in [6.07, 6.45) is 4.41. The minimum Gasteiger partial charge on any atom is -0.335 e. The van der Waals surface area contributed by atoms with Crippen LogP contribution < -0.4 is 0 Å². The molecule has 2 aliphatic rings. The highest BCUT2D eigenvalue weighted by Crippen LogP contribution is 2.26. The average Bonchev–Trinajstić information content (AvgIpc) is 3.09. The smallest absolute Gasteiger partial charge is 0.254 e. The summed E-state index contributed by atoms with van der Waals surface area (Å²) in [5.41, 5.74) is 4.26. The molecule has 1 aliphatic carbocycles. The monoisotopic (exact) mass is 404 g/mol. The molecule has 30 heavy (non-hydrogen) atoms. The van der Waals surface area contributed by atoms with E-state index >= 15 is 0 Å². The molecule has 4 rings (SSSR count). The largest absolute Gasteiger partial charge is 0.335 e. The topological polar surface area (TPSA) is 57.7 Å². The van der Waals surface area contributed by atoms with E-state index in [9.17, 15) is 14.4 Å². The van der Waals surface area contributed by atoms with Crippen LogP contribution in [0.4, 0.5) is 0 Å². The average molecular weight is 405 g/mol. The molecule has 0 radical (unpaired) electrons. The fourth-order valence-electron chi connectivity index (χ4n) is 4.54. The van der Waals surface area contributed by atoms with Crippen LogP contribution >= 0.6 is 0 Å². The molecule has 0 aromatic heterocycles. The van der Waals surface area contributed by atoms with Crippen LogP contribution in [0.15, 0.2) is 48.5 Å². The molecule has 2 aromatic carbocycles. The number of aryl methyl sites for hydroxylation is 1. The van der Waals surface area contributed by atoms with E-state index in [-0.39, 0.29) is 30.3 Å². The number of benzene rings is 2. The number of carbonyl (C=O) groups excluding carboxylic acids is 3. The van der Waals surface area contributed by atoms with Gasteiger partial charge in [-0.05, 0) is 54.5 Å². The van der Waals surface area contributed by atoms with Crippen LogP contribution in [0, 0.1) is 0 Å². The predicted octanol–water partition coefficient (Wildman–Crippen LogP) is 3.75. The maximum absolute atomic E-state index is 13.3. The van der Waals surface area contributed by atoms with E-state index in [0.717, 1.165) is 37.8 Å². The van der Waals surface area contributed by atoms with Crippen molar-refractivity contribution in [3.8, 4) is 0 Å². The molecule has 1 unspecified atom stereocenters. The molecule has 1 heterocycles. The first-order chi connectivity index (χ1) is 14.6. The summed E-state index contributed by atoms with van der Waals surface area (Å²) < 4.78 is 0. The third-order valence-corrected chi connectivity index (χ3v) is 6.18. The van der Waals surface area contributed by atoms with Crippen molar-refractivity contribution < 1.29 is 14.4 Å². The molecular weight excluding hydrogens is 376 g/mol. The van der Waals surface area contributed by atoms with E-state index in [1.54, 1.807) is 0 Å². The van der Waals surface area contributed by atoms with E-state index in [1.165, 1.54) is 16.0 Å². The summed E-state index contributed by atoms with van der Waals surface area (Å²) in [7, 11) is 0. The fraction of sp³-hybridized carbons (Fsp3) is 0.400.